The Balaban J connectivity index is 0.795. The van der Waals surface area contributed by atoms with Gasteiger partial charge in [0.05, 0.1) is 58.7 Å². The average molecular weight is 1290 g/mol. The van der Waals surface area contributed by atoms with Crippen LogP contribution < -0.4 is 14.7 Å². The Bertz CT molecular complexity index is 5850. The minimum absolute atomic E-state index is 1.00. The van der Waals surface area contributed by atoms with Crippen molar-refractivity contribution in [3.63, 3.8) is 0 Å². The number of anilines is 9. The van der Waals surface area contributed by atoms with Crippen LogP contribution in [0, 0.1) is 0 Å². The number of fused-ring (bicyclic) bond motifs is 9. The molecule has 0 saturated heterocycles. The molecule has 0 radical (unpaired) electrons. The molecule has 0 aliphatic rings. The van der Waals surface area contributed by atoms with Gasteiger partial charge < -0.3 is 19.3 Å². The van der Waals surface area contributed by atoms with Crippen LogP contribution in [0.4, 0.5) is 51.2 Å². The van der Waals surface area contributed by atoms with E-state index in [1.54, 1.807) is 34.0 Å². The summed E-state index contributed by atoms with van der Waals surface area (Å²) in [7, 11) is 0. The predicted octanol–water partition coefficient (Wildman–Crippen LogP) is 25.5. The van der Waals surface area contributed by atoms with Gasteiger partial charge in [-0.15, -0.1) is 34.0 Å². The topological polar surface area (TPSA) is 53.3 Å². The van der Waals surface area contributed by atoms with Gasteiger partial charge in [0.1, 0.15) is 15.0 Å². The number of aromatic nitrogens is 4. The van der Waals surface area contributed by atoms with Gasteiger partial charge in [-0.3, -0.25) is 0 Å². The zero-order chi connectivity index (χ0) is 63.9. The molecule has 0 amide bonds. The Kier molecular flexibility index (Phi) is 13.7. The Morgan fingerprint density at radius 3 is 0.876 bits per heavy atom. The standard InChI is InChI=1S/C87H55N7S3/c1-4-22-69-56(16-1)19-13-28-77(69)91(62-40-34-59(35-41-62)85-88-74-25-7-10-31-82(74)95-85)65-46-48-66(49-47-65)94-80-52-50-67(92(78-29-14-20-57-17-2-5-23-70(57)78)63-42-36-60(37-43-63)86-89-75-26-8-11-32-83(75)96-86)54-72(80)73-55-68(51-53-81(73)94)93(79-30-15-21-58-18-3-6-24-71(58)79)64-44-38-61(39-45-64)87-90-76-27-9-12-33-84(76)97-87/h1-55H. The van der Waals surface area contributed by atoms with Crippen LogP contribution in [0.3, 0.4) is 0 Å². The maximum Gasteiger partial charge on any atom is 0.124 e. The summed E-state index contributed by atoms with van der Waals surface area (Å²) < 4.78 is 5.98. The molecule has 19 rings (SSSR count). The van der Waals surface area contributed by atoms with E-state index in [9.17, 15) is 0 Å². The lowest BCUT2D eigenvalue weighted by Gasteiger charge is -2.27. The second-order valence-electron chi connectivity index (χ2n) is 24.4. The highest BCUT2D eigenvalue weighted by Gasteiger charge is 2.24. The third-order valence-corrected chi connectivity index (χ3v) is 21.9. The zero-order valence-electron chi connectivity index (χ0n) is 52.1. The van der Waals surface area contributed by atoms with Crippen LogP contribution in [0.15, 0.2) is 334 Å². The second kappa shape index (κ2) is 23.4. The first-order chi connectivity index (χ1) is 48.0. The largest absolute Gasteiger partial charge is 0.310 e. The first kappa shape index (κ1) is 56.5. The van der Waals surface area contributed by atoms with Crippen LogP contribution in [0.1, 0.15) is 0 Å². The summed E-state index contributed by atoms with van der Waals surface area (Å²) in [5.74, 6) is 0. The lowest BCUT2D eigenvalue weighted by Crippen LogP contribution is -2.11. The van der Waals surface area contributed by atoms with Gasteiger partial charge in [0.15, 0.2) is 0 Å². The van der Waals surface area contributed by atoms with E-state index in [2.05, 4.69) is 353 Å². The molecule has 97 heavy (non-hydrogen) atoms. The molecule has 0 saturated carbocycles. The smallest absolute Gasteiger partial charge is 0.124 e. The maximum absolute atomic E-state index is 5.06. The molecule has 19 aromatic rings. The molecule has 4 heterocycles. The molecule has 0 N–H and O–H groups in total. The minimum atomic E-state index is 1.00. The first-order valence-corrected chi connectivity index (χ1v) is 34.9. The Labute approximate surface area is 571 Å². The summed E-state index contributed by atoms with van der Waals surface area (Å²) in [6.07, 6.45) is 0. The Hall–Kier alpha value is -12.1. The van der Waals surface area contributed by atoms with Crippen LogP contribution in [0.5, 0.6) is 0 Å². The molecule has 0 bridgehead atoms. The van der Waals surface area contributed by atoms with Gasteiger partial charge >= 0.3 is 0 Å². The lowest BCUT2D eigenvalue weighted by molar-refractivity contribution is 1.17. The fourth-order valence-corrected chi connectivity index (χ4v) is 17.0. The maximum atomic E-state index is 5.06. The number of hydrogen-bond acceptors (Lipinski definition) is 9. The van der Waals surface area contributed by atoms with Gasteiger partial charge in [0.25, 0.3) is 0 Å². The number of rotatable bonds is 13. The quantitative estimate of drug-likeness (QED) is 0.115. The lowest BCUT2D eigenvalue weighted by atomic mass is 10.0. The second-order valence-corrected chi connectivity index (χ2v) is 27.4. The SMILES string of the molecule is c1ccc2c(N(c3ccc(-c4nc5ccccc5s4)cc3)c3ccc(-n4c5ccc(N(c6ccc(-c7nc8ccccc8s7)cc6)c6cccc7ccccc67)cc5c5cc(N(c6ccc(-c7nc8ccccc8s7)cc6)c6cccc7ccccc67)ccc54)cc3)cccc2c1. The van der Waals surface area contributed by atoms with E-state index in [1.165, 1.54) is 35.6 Å². The molecule has 7 nitrogen and oxygen atoms in total. The van der Waals surface area contributed by atoms with E-state index in [0.717, 1.165) is 138 Å². The van der Waals surface area contributed by atoms with E-state index in [-0.39, 0.29) is 0 Å². The van der Waals surface area contributed by atoms with Crippen LogP contribution in [0.25, 0.3) is 122 Å². The number of nitrogens with zero attached hydrogens (tertiary/aromatic N) is 7. The van der Waals surface area contributed by atoms with Crippen molar-refractivity contribution in [3.05, 3.63) is 334 Å². The summed E-state index contributed by atoms with van der Waals surface area (Å²) in [5.41, 5.74) is 19.0. The van der Waals surface area contributed by atoms with Crippen LogP contribution in [-0.2, 0) is 0 Å². The van der Waals surface area contributed by atoms with Gasteiger partial charge in [-0.05, 0) is 204 Å². The third-order valence-electron chi connectivity index (χ3n) is 18.6. The van der Waals surface area contributed by atoms with E-state index in [1.807, 2.05) is 0 Å². The molecule has 4 aromatic heterocycles. The fraction of sp³-hybridized carbons (Fsp3) is 0. The molecular weight excluding hydrogens is 1240 g/mol. The average Bonchev–Trinajstić information content (AvgIpc) is 1.69. The normalized spacial score (nSPS) is 11.7. The highest BCUT2D eigenvalue weighted by atomic mass is 32.1. The highest BCUT2D eigenvalue weighted by molar-refractivity contribution is 7.22. The molecule has 10 heteroatoms. The van der Waals surface area contributed by atoms with Crippen molar-refractivity contribution in [2.24, 2.45) is 0 Å². The van der Waals surface area contributed by atoms with Crippen molar-refractivity contribution < 1.29 is 0 Å². The molecule has 0 unspecified atom stereocenters. The molecule has 0 spiro atoms. The van der Waals surface area contributed by atoms with Gasteiger partial charge in [0.2, 0.25) is 0 Å². The summed E-state index contributed by atoms with van der Waals surface area (Å²) in [6, 6.07) is 121. The highest BCUT2D eigenvalue weighted by Crippen LogP contribution is 2.48. The monoisotopic (exact) mass is 1290 g/mol. The molecule has 0 aliphatic heterocycles. The third kappa shape index (κ3) is 9.96. The van der Waals surface area contributed by atoms with Crippen molar-refractivity contribution in [1.29, 1.82) is 0 Å². The van der Waals surface area contributed by atoms with Crippen LogP contribution in [-0.4, -0.2) is 19.5 Å². The fourth-order valence-electron chi connectivity index (χ4n) is 14.0. The minimum Gasteiger partial charge on any atom is -0.310 e. The van der Waals surface area contributed by atoms with Gasteiger partial charge in [-0.25, -0.2) is 15.0 Å². The van der Waals surface area contributed by atoms with Crippen molar-refractivity contribution in [2.75, 3.05) is 14.7 Å². The molecule has 0 fully saturated rings. The summed E-state index contributed by atoms with van der Waals surface area (Å²) in [4.78, 5) is 22.4. The molecule has 0 atom stereocenters. The van der Waals surface area contributed by atoms with Gasteiger partial charge in [0, 0.05) is 83.4 Å². The number of para-hydroxylation sites is 3. The predicted molar refractivity (Wildman–Crippen MR) is 413 cm³/mol. The van der Waals surface area contributed by atoms with Crippen molar-refractivity contribution in [1.82, 2.24) is 19.5 Å². The van der Waals surface area contributed by atoms with E-state index in [4.69, 9.17) is 15.0 Å². The Morgan fingerprint density at radius 1 is 0.237 bits per heavy atom. The summed E-state index contributed by atoms with van der Waals surface area (Å²) in [5, 5.41) is 12.2. The van der Waals surface area contributed by atoms with E-state index in [0.29, 0.717) is 0 Å². The van der Waals surface area contributed by atoms with Gasteiger partial charge in [-0.2, -0.15) is 0 Å². The molecule has 456 valence electrons. The number of thiazole rings is 3. The van der Waals surface area contributed by atoms with Crippen molar-refractivity contribution >= 4 is 170 Å². The Morgan fingerprint density at radius 2 is 0.526 bits per heavy atom. The number of hydrogen-bond donors (Lipinski definition) is 0. The molecule has 15 aromatic carbocycles. The summed E-state index contributed by atoms with van der Waals surface area (Å²) in [6.45, 7) is 0. The van der Waals surface area contributed by atoms with Crippen molar-refractivity contribution in [2.45, 2.75) is 0 Å². The first-order valence-electron chi connectivity index (χ1n) is 32.5. The van der Waals surface area contributed by atoms with E-state index < -0.39 is 0 Å². The number of benzene rings is 15. The van der Waals surface area contributed by atoms with Crippen LogP contribution >= 0.6 is 34.0 Å². The molecular formula is C87H55N7S3. The van der Waals surface area contributed by atoms with Crippen LogP contribution in [0.2, 0.25) is 0 Å². The summed E-state index contributed by atoms with van der Waals surface area (Å²) >= 11 is 5.18. The van der Waals surface area contributed by atoms with Crippen molar-refractivity contribution in [3.8, 4) is 37.4 Å². The zero-order valence-corrected chi connectivity index (χ0v) is 54.6. The van der Waals surface area contributed by atoms with E-state index >= 15 is 0 Å². The van der Waals surface area contributed by atoms with Gasteiger partial charge in [-0.1, -0.05) is 146 Å². The molecule has 0 aliphatic carbocycles.